The molecule has 0 fully saturated rings. The molecule has 74 valence electrons. The van der Waals surface area contributed by atoms with Crippen LogP contribution in [0, 0.1) is 0 Å². The molecule has 0 radical (unpaired) electrons. The van der Waals surface area contributed by atoms with Crippen molar-refractivity contribution < 1.29 is 0 Å². The van der Waals surface area contributed by atoms with Crippen molar-refractivity contribution in [3.63, 3.8) is 0 Å². The van der Waals surface area contributed by atoms with E-state index in [1.807, 2.05) is 12.1 Å². The van der Waals surface area contributed by atoms with Crippen LogP contribution in [0.1, 0.15) is 12.1 Å². The molecule has 0 saturated heterocycles. The molecule has 2 nitrogen and oxygen atoms in total. The van der Waals surface area contributed by atoms with Crippen molar-refractivity contribution in [3.8, 4) is 0 Å². The number of hydrogen-bond acceptors (Lipinski definition) is 2. The minimum Gasteiger partial charge on any atom is -0.302 e. The van der Waals surface area contributed by atoms with Crippen LogP contribution in [0.2, 0.25) is 5.15 Å². The van der Waals surface area contributed by atoms with Crippen molar-refractivity contribution in [2.45, 2.75) is 6.42 Å². The van der Waals surface area contributed by atoms with Crippen LogP contribution in [0.15, 0.2) is 24.3 Å². The van der Waals surface area contributed by atoms with Crippen LogP contribution in [-0.4, -0.2) is 30.0 Å². The summed E-state index contributed by atoms with van der Waals surface area (Å²) in [6.45, 7) is 2.09. The standard InChI is InChI=1S/C11H13ClN2/c1-14-7-3-4-9(8-14)10-5-2-6-11(12)13-10/h2,4-6H,3,7-8H2,1H3. The van der Waals surface area contributed by atoms with Gasteiger partial charge in [-0.15, -0.1) is 0 Å². The van der Waals surface area contributed by atoms with Crippen LogP contribution in [0.25, 0.3) is 5.57 Å². The molecule has 2 rings (SSSR count). The SMILES string of the molecule is CN1CCC=C(c2cccc(Cl)n2)C1. The van der Waals surface area contributed by atoms with Gasteiger partial charge in [0.2, 0.25) is 0 Å². The van der Waals surface area contributed by atoms with Crippen LogP contribution in [0.3, 0.4) is 0 Å². The Morgan fingerprint density at radius 1 is 1.43 bits per heavy atom. The zero-order valence-electron chi connectivity index (χ0n) is 8.20. The van der Waals surface area contributed by atoms with Gasteiger partial charge in [-0.1, -0.05) is 23.7 Å². The number of rotatable bonds is 1. The minimum absolute atomic E-state index is 0.566. The number of pyridine rings is 1. The highest BCUT2D eigenvalue weighted by atomic mass is 35.5. The van der Waals surface area contributed by atoms with Gasteiger partial charge < -0.3 is 4.90 Å². The summed E-state index contributed by atoms with van der Waals surface area (Å²) < 4.78 is 0. The Morgan fingerprint density at radius 3 is 3.00 bits per heavy atom. The van der Waals surface area contributed by atoms with Crippen molar-refractivity contribution in [1.29, 1.82) is 0 Å². The fourth-order valence-corrected chi connectivity index (χ4v) is 1.83. The zero-order valence-corrected chi connectivity index (χ0v) is 8.96. The van der Waals surface area contributed by atoms with E-state index >= 15 is 0 Å². The molecular weight excluding hydrogens is 196 g/mol. The number of aromatic nitrogens is 1. The number of hydrogen-bond donors (Lipinski definition) is 0. The summed E-state index contributed by atoms with van der Waals surface area (Å²) in [7, 11) is 2.12. The normalized spacial score (nSPS) is 18.0. The van der Waals surface area contributed by atoms with Crippen LogP contribution >= 0.6 is 11.6 Å². The highest BCUT2D eigenvalue weighted by molar-refractivity contribution is 6.29. The molecule has 0 N–H and O–H groups in total. The second kappa shape index (κ2) is 4.11. The van der Waals surface area contributed by atoms with Crippen LogP contribution in [0.5, 0.6) is 0 Å². The highest BCUT2D eigenvalue weighted by Gasteiger charge is 2.11. The molecule has 2 heterocycles. The smallest absolute Gasteiger partial charge is 0.129 e. The first-order valence-electron chi connectivity index (χ1n) is 4.76. The Morgan fingerprint density at radius 2 is 2.29 bits per heavy atom. The average molecular weight is 209 g/mol. The lowest BCUT2D eigenvalue weighted by atomic mass is 10.1. The monoisotopic (exact) mass is 208 g/mol. The topological polar surface area (TPSA) is 16.1 Å². The maximum atomic E-state index is 5.85. The molecule has 0 spiro atoms. The number of likely N-dealkylation sites (N-methyl/N-ethyl adjacent to an activating group) is 1. The molecule has 1 aliphatic heterocycles. The van der Waals surface area contributed by atoms with Crippen LogP contribution < -0.4 is 0 Å². The maximum Gasteiger partial charge on any atom is 0.129 e. The van der Waals surface area contributed by atoms with E-state index in [1.54, 1.807) is 6.07 Å². The second-order valence-corrected chi connectivity index (χ2v) is 3.99. The minimum atomic E-state index is 0.566. The Labute approximate surface area is 89.2 Å². The van der Waals surface area contributed by atoms with E-state index < -0.39 is 0 Å². The molecule has 0 aromatic carbocycles. The fourth-order valence-electron chi connectivity index (χ4n) is 1.67. The molecular formula is C11H13ClN2. The predicted octanol–water partition coefficient (Wildman–Crippen LogP) is 2.45. The zero-order chi connectivity index (χ0) is 9.97. The van der Waals surface area contributed by atoms with Gasteiger partial charge >= 0.3 is 0 Å². The van der Waals surface area contributed by atoms with Gasteiger partial charge in [-0.05, 0) is 31.2 Å². The van der Waals surface area contributed by atoms with E-state index in [0.29, 0.717) is 5.15 Å². The van der Waals surface area contributed by atoms with Crippen LogP contribution in [0.4, 0.5) is 0 Å². The first-order chi connectivity index (χ1) is 6.75. The first kappa shape index (κ1) is 9.69. The molecule has 1 aromatic rings. The average Bonchev–Trinajstić information content (AvgIpc) is 2.18. The Bertz CT molecular complexity index is 360. The number of halogens is 1. The molecule has 0 saturated carbocycles. The third-order valence-corrected chi connectivity index (χ3v) is 2.60. The molecule has 1 aromatic heterocycles. The quantitative estimate of drug-likeness (QED) is 0.660. The van der Waals surface area contributed by atoms with Gasteiger partial charge in [-0.25, -0.2) is 4.98 Å². The van der Waals surface area contributed by atoms with E-state index in [-0.39, 0.29) is 0 Å². The maximum absolute atomic E-state index is 5.85. The summed E-state index contributed by atoms with van der Waals surface area (Å²) in [4.78, 5) is 6.59. The molecule has 14 heavy (non-hydrogen) atoms. The van der Waals surface area contributed by atoms with E-state index in [0.717, 1.165) is 25.2 Å². The third-order valence-electron chi connectivity index (χ3n) is 2.39. The molecule has 3 heteroatoms. The van der Waals surface area contributed by atoms with Gasteiger partial charge in [-0.3, -0.25) is 0 Å². The molecule has 0 amide bonds. The van der Waals surface area contributed by atoms with Crippen molar-refractivity contribution in [2.24, 2.45) is 0 Å². The van der Waals surface area contributed by atoms with Crippen molar-refractivity contribution in [2.75, 3.05) is 20.1 Å². The Kier molecular flexibility index (Phi) is 2.85. The van der Waals surface area contributed by atoms with Crippen molar-refractivity contribution in [1.82, 2.24) is 9.88 Å². The largest absolute Gasteiger partial charge is 0.302 e. The van der Waals surface area contributed by atoms with Gasteiger partial charge in [0, 0.05) is 13.1 Å². The number of nitrogens with zero attached hydrogens (tertiary/aromatic N) is 2. The van der Waals surface area contributed by atoms with E-state index in [2.05, 4.69) is 23.0 Å². The summed E-state index contributed by atoms with van der Waals surface area (Å²) in [6.07, 6.45) is 3.35. The summed E-state index contributed by atoms with van der Waals surface area (Å²) in [5, 5.41) is 0.566. The molecule has 1 aliphatic rings. The molecule has 0 atom stereocenters. The van der Waals surface area contributed by atoms with Gasteiger partial charge in [0.25, 0.3) is 0 Å². The molecule has 0 bridgehead atoms. The van der Waals surface area contributed by atoms with Gasteiger partial charge in [-0.2, -0.15) is 0 Å². The van der Waals surface area contributed by atoms with Crippen LogP contribution in [-0.2, 0) is 0 Å². The molecule has 0 unspecified atom stereocenters. The van der Waals surface area contributed by atoms with Gasteiger partial charge in [0.1, 0.15) is 5.15 Å². The fraction of sp³-hybridized carbons (Fsp3) is 0.364. The summed E-state index contributed by atoms with van der Waals surface area (Å²) in [5.74, 6) is 0. The Balaban J connectivity index is 2.26. The lowest BCUT2D eigenvalue weighted by Crippen LogP contribution is -2.25. The first-order valence-corrected chi connectivity index (χ1v) is 5.14. The molecule has 0 aliphatic carbocycles. The Hall–Kier alpha value is -0.860. The van der Waals surface area contributed by atoms with Crippen molar-refractivity contribution >= 4 is 17.2 Å². The van der Waals surface area contributed by atoms with E-state index in [9.17, 15) is 0 Å². The second-order valence-electron chi connectivity index (χ2n) is 3.60. The lowest BCUT2D eigenvalue weighted by molar-refractivity contribution is 0.372. The van der Waals surface area contributed by atoms with E-state index in [1.165, 1.54) is 5.57 Å². The summed E-state index contributed by atoms with van der Waals surface area (Å²) in [6, 6.07) is 5.76. The lowest BCUT2D eigenvalue weighted by Gasteiger charge is -2.22. The van der Waals surface area contributed by atoms with E-state index in [4.69, 9.17) is 11.6 Å². The summed E-state index contributed by atoms with van der Waals surface area (Å²) in [5.41, 5.74) is 2.28. The van der Waals surface area contributed by atoms with Gasteiger partial charge in [0.15, 0.2) is 0 Å². The van der Waals surface area contributed by atoms with Crippen molar-refractivity contribution in [3.05, 3.63) is 35.1 Å². The third kappa shape index (κ3) is 2.14. The summed E-state index contributed by atoms with van der Waals surface area (Å²) >= 11 is 5.85. The van der Waals surface area contributed by atoms with Gasteiger partial charge in [0.05, 0.1) is 5.69 Å². The predicted molar refractivity (Wildman–Crippen MR) is 59.3 cm³/mol. The highest BCUT2D eigenvalue weighted by Crippen LogP contribution is 2.19.